The van der Waals surface area contributed by atoms with Crippen molar-refractivity contribution in [2.24, 2.45) is 5.73 Å². The van der Waals surface area contributed by atoms with Crippen molar-refractivity contribution in [3.63, 3.8) is 0 Å². The molecule has 0 aliphatic carbocycles. The summed E-state index contributed by atoms with van der Waals surface area (Å²) in [6.45, 7) is 5.06. The van der Waals surface area contributed by atoms with Gasteiger partial charge in [-0.2, -0.15) is 0 Å². The van der Waals surface area contributed by atoms with Crippen molar-refractivity contribution in [2.75, 3.05) is 25.1 Å². The van der Waals surface area contributed by atoms with Gasteiger partial charge in [0.1, 0.15) is 6.61 Å². The molecule has 0 saturated heterocycles. The van der Waals surface area contributed by atoms with E-state index in [1.807, 2.05) is 24.3 Å². The monoisotopic (exact) mass is 236 g/mol. The van der Waals surface area contributed by atoms with Gasteiger partial charge in [-0.3, -0.25) is 4.79 Å². The van der Waals surface area contributed by atoms with Crippen LogP contribution in [0.1, 0.15) is 25.3 Å². The molecule has 1 aromatic carbocycles. The second-order valence-electron chi connectivity index (χ2n) is 4.13. The minimum Gasteiger partial charge on any atom is -0.370 e. The Balaban J connectivity index is 2.58. The summed E-state index contributed by atoms with van der Waals surface area (Å²) >= 11 is 0. The molecule has 1 aromatic rings. The molecule has 0 atom stereocenters. The Morgan fingerprint density at radius 2 is 2.12 bits per heavy atom. The predicted octanol–water partition coefficient (Wildman–Crippen LogP) is 1.72. The minimum absolute atomic E-state index is 0.0453. The minimum atomic E-state index is -0.147. The van der Waals surface area contributed by atoms with Crippen LogP contribution in [0.5, 0.6) is 0 Å². The molecule has 4 nitrogen and oxygen atoms in total. The van der Waals surface area contributed by atoms with E-state index in [1.165, 1.54) is 0 Å². The number of carbonyl (C=O) groups excluding carboxylic acids is 1. The second kappa shape index (κ2) is 7.04. The van der Waals surface area contributed by atoms with Crippen molar-refractivity contribution < 1.29 is 9.53 Å². The number of rotatable bonds is 6. The zero-order valence-corrected chi connectivity index (χ0v) is 10.4. The lowest BCUT2D eigenvalue weighted by atomic mass is 10.0. The Bertz CT molecular complexity index is 364. The van der Waals surface area contributed by atoms with Gasteiger partial charge in [0.05, 0.1) is 6.61 Å². The lowest BCUT2D eigenvalue weighted by Gasteiger charge is -2.13. The van der Waals surface area contributed by atoms with Crippen LogP contribution >= 0.6 is 0 Å². The first-order valence-corrected chi connectivity index (χ1v) is 5.81. The van der Waals surface area contributed by atoms with Crippen molar-refractivity contribution in [3.8, 4) is 0 Å². The van der Waals surface area contributed by atoms with Crippen LogP contribution in [0.4, 0.5) is 5.69 Å². The molecule has 0 radical (unpaired) electrons. The first kappa shape index (κ1) is 13.7. The number of benzene rings is 1. The number of nitrogens with one attached hydrogen (secondary N) is 1. The maximum atomic E-state index is 11.6. The van der Waals surface area contributed by atoms with Gasteiger partial charge in [0.25, 0.3) is 0 Å². The van der Waals surface area contributed by atoms with Gasteiger partial charge < -0.3 is 15.8 Å². The average molecular weight is 236 g/mol. The van der Waals surface area contributed by atoms with Crippen molar-refractivity contribution in [1.29, 1.82) is 0 Å². The van der Waals surface area contributed by atoms with Crippen LogP contribution in [-0.2, 0) is 9.53 Å². The van der Waals surface area contributed by atoms with E-state index in [1.54, 1.807) is 0 Å². The Kier molecular flexibility index (Phi) is 5.66. The van der Waals surface area contributed by atoms with Crippen LogP contribution in [0.3, 0.4) is 0 Å². The molecule has 0 unspecified atom stereocenters. The van der Waals surface area contributed by atoms with E-state index < -0.39 is 0 Å². The zero-order chi connectivity index (χ0) is 12.7. The molecule has 3 N–H and O–H groups in total. The summed E-state index contributed by atoms with van der Waals surface area (Å²) in [7, 11) is 0. The van der Waals surface area contributed by atoms with Gasteiger partial charge in [0.15, 0.2) is 0 Å². The van der Waals surface area contributed by atoms with E-state index >= 15 is 0 Å². The van der Waals surface area contributed by atoms with E-state index in [-0.39, 0.29) is 12.5 Å². The topological polar surface area (TPSA) is 64.3 Å². The Hall–Kier alpha value is -1.39. The van der Waals surface area contributed by atoms with Crippen LogP contribution in [0, 0.1) is 0 Å². The van der Waals surface area contributed by atoms with Gasteiger partial charge in [0, 0.05) is 12.2 Å². The van der Waals surface area contributed by atoms with Crippen LogP contribution in [-0.4, -0.2) is 25.7 Å². The largest absolute Gasteiger partial charge is 0.370 e. The fraction of sp³-hybridized carbons (Fsp3) is 0.462. The number of nitrogens with two attached hydrogens (primary N) is 1. The predicted molar refractivity (Wildman–Crippen MR) is 69.0 cm³/mol. The number of ether oxygens (including phenoxy) is 1. The molecule has 0 aliphatic rings. The van der Waals surface area contributed by atoms with E-state index in [9.17, 15) is 4.79 Å². The highest BCUT2D eigenvalue weighted by molar-refractivity contribution is 5.92. The van der Waals surface area contributed by atoms with Gasteiger partial charge in [-0.1, -0.05) is 32.0 Å². The normalized spacial score (nSPS) is 10.6. The zero-order valence-electron chi connectivity index (χ0n) is 10.4. The fourth-order valence-corrected chi connectivity index (χ4v) is 1.55. The summed E-state index contributed by atoms with van der Waals surface area (Å²) in [4.78, 5) is 11.6. The van der Waals surface area contributed by atoms with Crippen molar-refractivity contribution in [3.05, 3.63) is 29.8 Å². The average Bonchev–Trinajstić information content (AvgIpc) is 2.29. The number of amides is 1. The standard InChI is InChI=1S/C13H20N2O2/c1-10(2)11-5-3-4-6-12(11)15-13(16)9-17-8-7-14/h3-6,10H,7-9,14H2,1-2H3,(H,15,16). The van der Waals surface area contributed by atoms with Crippen LogP contribution in [0.2, 0.25) is 0 Å². The van der Waals surface area contributed by atoms with Crippen molar-refractivity contribution in [2.45, 2.75) is 19.8 Å². The smallest absolute Gasteiger partial charge is 0.250 e. The molecule has 0 aromatic heterocycles. The summed E-state index contributed by atoms with van der Waals surface area (Å²) in [5.74, 6) is 0.225. The van der Waals surface area contributed by atoms with Gasteiger partial charge in [0.2, 0.25) is 5.91 Å². The maximum Gasteiger partial charge on any atom is 0.250 e. The molecule has 1 amide bonds. The molecule has 94 valence electrons. The molecule has 17 heavy (non-hydrogen) atoms. The highest BCUT2D eigenvalue weighted by Crippen LogP contribution is 2.23. The Morgan fingerprint density at radius 1 is 1.41 bits per heavy atom. The molecule has 0 saturated carbocycles. The SMILES string of the molecule is CC(C)c1ccccc1NC(=O)COCCN. The van der Waals surface area contributed by atoms with Crippen molar-refractivity contribution >= 4 is 11.6 Å². The van der Waals surface area contributed by atoms with E-state index in [0.29, 0.717) is 19.1 Å². The Morgan fingerprint density at radius 3 is 2.76 bits per heavy atom. The molecular formula is C13H20N2O2. The highest BCUT2D eigenvalue weighted by atomic mass is 16.5. The summed E-state index contributed by atoms with van der Waals surface area (Å²) in [5.41, 5.74) is 7.25. The third-order valence-corrected chi connectivity index (χ3v) is 2.35. The van der Waals surface area contributed by atoms with Gasteiger partial charge in [-0.25, -0.2) is 0 Å². The fourth-order valence-electron chi connectivity index (χ4n) is 1.55. The lowest BCUT2D eigenvalue weighted by Crippen LogP contribution is -2.21. The van der Waals surface area contributed by atoms with Crippen LogP contribution in [0.25, 0.3) is 0 Å². The molecule has 0 spiro atoms. The molecule has 0 aliphatic heterocycles. The summed E-state index contributed by atoms with van der Waals surface area (Å²) in [5, 5.41) is 2.85. The third-order valence-electron chi connectivity index (χ3n) is 2.35. The van der Waals surface area contributed by atoms with Gasteiger partial charge in [-0.15, -0.1) is 0 Å². The third kappa shape index (κ3) is 4.54. The molecule has 0 bridgehead atoms. The van der Waals surface area contributed by atoms with E-state index in [0.717, 1.165) is 11.3 Å². The first-order valence-electron chi connectivity index (χ1n) is 5.81. The van der Waals surface area contributed by atoms with Crippen LogP contribution < -0.4 is 11.1 Å². The quantitative estimate of drug-likeness (QED) is 0.739. The molecule has 4 heteroatoms. The van der Waals surface area contributed by atoms with E-state index in [4.69, 9.17) is 10.5 Å². The maximum absolute atomic E-state index is 11.6. The second-order valence-corrected chi connectivity index (χ2v) is 4.13. The van der Waals surface area contributed by atoms with Crippen molar-refractivity contribution in [1.82, 2.24) is 0 Å². The lowest BCUT2D eigenvalue weighted by molar-refractivity contribution is -0.120. The molecular weight excluding hydrogens is 216 g/mol. The molecule has 1 rings (SSSR count). The molecule has 0 fully saturated rings. The van der Waals surface area contributed by atoms with Gasteiger partial charge >= 0.3 is 0 Å². The van der Waals surface area contributed by atoms with Crippen LogP contribution in [0.15, 0.2) is 24.3 Å². The summed E-state index contributed by atoms with van der Waals surface area (Å²) < 4.78 is 5.08. The number of anilines is 1. The Labute approximate surface area is 102 Å². The number of para-hydroxylation sites is 1. The number of hydrogen-bond acceptors (Lipinski definition) is 3. The van der Waals surface area contributed by atoms with E-state index in [2.05, 4.69) is 19.2 Å². The molecule has 0 heterocycles. The van der Waals surface area contributed by atoms with Gasteiger partial charge in [-0.05, 0) is 17.5 Å². The number of carbonyl (C=O) groups is 1. The summed E-state index contributed by atoms with van der Waals surface area (Å²) in [6.07, 6.45) is 0. The summed E-state index contributed by atoms with van der Waals surface area (Å²) in [6, 6.07) is 7.79. The number of hydrogen-bond donors (Lipinski definition) is 2. The highest BCUT2D eigenvalue weighted by Gasteiger charge is 2.08. The first-order chi connectivity index (χ1) is 8.15.